The summed E-state index contributed by atoms with van der Waals surface area (Å²) in [5, 5.41) is 5.91. The van der Waals surface area contributed by atoms with E-state index in [9.17, 15) is 4.79 Å². The monoisotopic (exact) mass is 259 g/mol. The highest BCUT2D eigenvalue weighted by molar-refractivity contribution is 5.92. The number of aromatic nitrogens is 3. The van der Waals surface area contributed by atoms with E-state index in [1.54, 1.807) is 18.6 Å². The summed E-state index contributed by atoms with van der Waals surface area (Å²) in [4.78, 5) is 20.1. The third-order valence-electron chi connectivity index (χ3n) is 2.55. The number of hydrogen-bond acceptors (Lipinski definition) is 4. The second kappa shape index (κ2) is 6.53. The van der Waals surface area contributed by atoms with Crippen LogP contribution in [0.4, 0.5) is 5.82 Å². The van der Waals surface area contributed by atoms with Crippen molar-refractivity contribution in [2.24, 2.45) is 0 Å². The molecule has 2 rings (SSSR count). The summed E-state index contributed by atoms with van der Waals surface area (Å²) in [7, 11) is 0. The zero-order valence-electron chi connectivity index (χ0n) is 10.8. The number of imidazole rings is 1. The van der Waals surface area contributed by atoms with Gasteiger partial charge in [-0.1, -0.05) is 6.07 Å². The van der Waals surface area contributed by atoms with Gasteiger partial charge in [0.15, 0.2) is 0 Å². The summed E-state index contributed by atoms with van der Waals surface area (Å²) >= 11 is 0. The Bertz CT molecular complexity index is 524. The molecule has 6 nitrogen and oxygen atoms in total. The molecule has 0 atom stereocenters. The molecule has 0 fully saturated rings. The molecule has 6 heteroatoms. The van der Waals surface area contributed by atoms with Crippen LogP contribution >= 0.6 is 0 Å². The highest BCUT2D eigenvalue weighted by atomic mass is 16.1. The second-order valence-electron chi connectivity index (χ2n) is 3.99. The fourth-order valence-electron chi connectivity index (χ4n) is 1.65. The molecule has 19 heavy (non-hydrogen) atoms. The Kier molecular flexibility index (Phi) is 4.49. The Hall–Kier alpha value is -2.37. The van der Waals surface area contributed by atoms with E-state index in [1.807, 2.05) is 29.8 Å². The van der Waals surface area contributed by atoms with Gasteiger partial charge in [-0.2, -0.15) is 0 Å². The van der Waals surface area contributed by atoms with Crippen LogP contribution in [-0.4, -0.2) is 33.5 Å². The largest absolute Gasteiger partial charge is 0.370 e. The van der Waals surface area contributed by atoms with Crippen molar-refractivity contribution in [2.75, 3.05) is 18.4 Å². The first-order chi connectivity index (χ1) is 9.29. The minimum Gasteiger partial charge on any atom is -0.370 e. The first-order valence-corrected chi connectivity index (χ1v) is 6.24. The number of nitrogens with zero attached hydrogens (tertiary/aromatic N) is 3. The van der Waals surface area contributed by atoms with E-state index in [4.69, 9.17) is 0 Å². The first-order valence-electron chi connectivity index (χ1n) is 6.24. The normalized spacial score (nSPS) is 10.2. The van der Waals surface area contributed by atoms with Crippen molar-refractivity contribution in [1.29, 1.82) is 0 Å². The maximum absolute atomic E-state index is 11.9. The maximum atomic E-state index is 11.9. The predicted octanol–water partition coefficient (Wildman–Crippen LogP) is 1.14. The lowest BCUT2D eigenvalue weighted by atomic mass is 10.3. The van der Waals surface area contributed by atoms with Crippen LogP contribution in [0.2, 0.25) is 0 Å². The standard InChI is InChI=1S/C13H17N5O/c1-2-15-12-5-3-4-11(17-12)13(19)16-7-9-18-8-6-14-10-18/h3-6,8,10H,2,7,9H2,1H3,(H,15,17)(H,16,19). The molecule has 0 saturated carbocycles. The van der Waals surface area contributed by atoms with Crippen LogP contribution < -0.4 is 10.6 Å². The van der Waals surface area contributed by atoms with Gasteiger partial charge in [-0.3, -0.25) is 4.79 Å². The Morgan fingerprint density at radius 3 is 3.05 bits per heavy atom. The summed E-state index contributed by atoms with van der Waals surface area (Å²) in [6.45, 7) is 4.00. The molecule has 0 aliphatic carbocycles. The SMILES string of the molecule is CCNc1cccc(C(=O)NCCn2ccnc2)n1. The van der Waals surface area contributed by atoms with E-state index >= 15 is 0 Å². The smallest absolute Gasteiger partial charge is 0.270 e. The molecule has 2 aromatic heterocycles. The van der Waals surface area contributed by atoms with Crippen LogP contribution in [0.5, 0.6) is 0 Å². The summed E-state index contributed by atoms with van der Waals surface area (Å²) in [6, 6.07) is 5.36. The Morgan fingerprint density at radius 2 is 2.32 bits per heavy atom. The van der Waals surface area contributed by atoms with Gasteiger partial charge in [0.2, 0.25) is 0 Å². The number of hydrogen-bond donors (Lipinski definition) is 2. The van der Waals surface area contributed by atoms with Gasteiger partial charge in [-0.05, 0) is 19.1 Å². The lowest BCUT2D eigenvalue weighted by Crippen LogP contribution is -2.27. The summed E-state index contributed by atoms with van der Waals surface area (Å²) in [5.74, 6) is 0.546. The highest BCUT2D eigenvalue weighted by Crippen LogP contribution is 2.04. The molecule has 100 valence electrons. The van der Waals surface area contributed by atoms with Crippen LogP contribution in [0.25, 0.3) is 0 Å². The molecule has 1 amide bonds. The number of pyridine rings is 1. The maximum Gasteiger partial charge on any atom is 0.270 e. The minimum atomic E-state index is -0.167. The van der Waals surface area contributed by atoms with Crippen LogP contribution in [0, 0.1) is 0 Å². The number of carbonyl (C=O) groups excluding carboxylic acids is 1. The predicted molar refractivity (Wildman–Crippen MR) is 73.0 cm³/mol. The van der Waals surface area contributed by atoms with Crippen molar-refractivity contribution in [2.45, 2.75) is 13.5 Å². The van der Waals surface area contributed by atoms with Crippen LogP contribution in [0.15, 0.2) is 36.9 Å². The first kappa shape index (κ1) is 13.1. The van der Waals surface area contributed by atoms with Crippen molar-refractivity contribution in [3.05, 3.63) is 42.6 Å². The van der Waals surface area contributed by atoms with E-state index in [-0.39, 0.29) is 5.91 Å². The second-order valence-corrected chi connectivity index (χ2v) is 3.99. The quantitative estimate of drug-likeness (QED) is 0.816. The van der Waals surface area contributed by atoms with E-state index in [0.717, 1.165) is 6.54 Å². The fraction of sp³-hybridized carbons (Fsp3) is 0.308. The molecule has 0 aliphatic heterocycles. The summed E-state index contributed by atoms with van der Waals surface area (Å²) in [6.07, 6.45) is 5.29. The molecule has 2 heterocycles. The lowest BCUT2D eigenvalue weighted by Gasteiger charge is -2.07. The third kappa shape index (κ3) is 3.80. The molecule has 0 saturated heterocycles. The van der Waals surface area contributed by atoms with Crippen LogP contribution in [0.3, 0.4) is 0 Å². The molecule has 0 radical (unpaired) electrons. The molecule has 0 bridgehead atoms. The Morgan fingerprint density at radius 1 is 1.42 bits per heavy atom. The van der Waals surface area contributed by atoms with Gasteiger partial charge in [0.25, 0.3) is 5.91 Å². The molecule has 0 aliphatic rings. The van der Waals surface area contributed by atoms with Crippen LogP contribution in [-0.2, 0) is 6.54 Å². The van der Waals surface area contributed by atoms with E-state index in [1.165, 1.54) is 0 Å². The molecule has 0 unspecified atom stereocenters. The number of carbonyl (C=O) groups is 1. The molecule has 0 aromatic carbocycles. The highest BCUT2D eigenvalue weighted by Gasteiger charge is 2.06. The number of anilines is 1. The van der Waals surface area contributed by atoms with Gasteiger partial charge in [-0.25, -0.2) is 9.97 Å². The topological polar surface area (TPSA) is 71.8 Å². The number of nitrogens with one attached hydrogen (secondary N) is 2. The van der Waals surface area contributed by atoms with Gasteiger partial charge in [0.05, 0.1) is 6.33 Å². The van der Waals surface area contributed by atoms with E-state index in [0.29, 0.717) is 24.6 Å². The average Bonchev–Trinajstić information content (AvgIpc) is 2.92. The van der Waals surface area contributed by atoms with Crippen LogP contribution in [0.1, 0.15) is 17.4 Å². The lowest BCUT2D eigenvalue weighted by molar-refractivity contribution is 0.0947. The molecule has 2 aromatic rings. The Balaban J connectivity index is 1.87. The van der Waals surface area contributed by atoms with Crippen molar-refractivity contribution in [1.82, 2.24) is 19.9 Å². The molecular formula is C13H17N5O. The van der Waals surface area contributed by atoms with E-state index in [2.05, 4.69) is 20.6 Å². The van der Waals surface area contributed by atoms with Crippen molar-refractivity contribution in [3.8, 4) is 0 Å². The average molecular weight is 259 g/mol. The van der Waals surface area contributed by atoms with Gasteiger partial charge in [-0.15, -0.1) is 0 Å². The zero-order chi connectivity index (χ0) is 13.5. The van der Waals surface area contributed by atoms with E-state index < -0.39 is 0 Å². The molecule has 2 N–H and O–H groups in total. The number of rotatable bonds is 6. The van der Waals surface area contributed by atoms with Gasteiger partial charge < -0.3 is 15.2 Å². The minimum absolute atomic E-state index is 0.167. The van der Waals surface area contributed by atoms with Crippen molar-refractivity contribution >= 4 is 11.7 Å². The van der Waals surface area contributed by atoms with Crippen molar-refractivity contribution in [3.63, 3.8) is 0 Å². The summed E-state index contributed by atoms with van der Waals surface area (Å²) in [5.41, 5.74) is 0.420. The van der Waals surface area contributed by atoms with Crippen molar-refractivity contribution < 1.29 is 4.79 Å². The fourth-order valence-corrected chi connectivity index (χ4v) is 1.65. The van der Waals surface area contributed by atoms with Gasteiger partial charge in [0, 0.05) is 32.0 Å². The molecular weight excluding hydrogens is 242 g/mol. The van der Waals surface area contributed by atoms with Gasteiger partial charge >= 0.3 is 0 Å². The number of amides is 1. The zero-order valence-corrected chi connectivity index (χ0v) is 10.8. The van der Waals surface area contributed by atoms with Gasteiger partial charge in [0.1, 0.15) is 11.5 Å². The Labute approximate surface area is 111 Å². The molecule has 0 spiro atoms. The third-order valence-corrected chi connectivity index (χ3v) is 2.55. The summed E-state index contributed by atoms with van der Waals surface area (Å²) < 4.78 is 1.91.